The molecule has 0 spiro atoms. The fraction of sp³-hybridized carbons (Fsp3) is 0.667. The highest BCUT2D eigenvalue weighted by atomic mass is 16.5. The maximum absolute atomic E-state index is 5.09. The van der Waals surface area contributed by atoms with Crippen LogP contribution in [0.3, 0.4) is 0 Å². The van der Waals surface area contributed by atoms with Gasteiger partial charge in [-0.15, -0.1) is 0 Å². The molecule has 104 valence electrons. The first kappa shape index (κ1) is 12.9. The van der Waals surface area contributed by atoms with Gasteiger partial charge in [0, 0.05) is 37.4 Å². The van der Waals surface area contributed by atoms with Gasteiger partial charge in [0.15, 0.2) is 0 Å². The van der Waals surface area contributed by atoms with Gasteiger partial charge < -0.3 is 10.1 Å². The number of ether oxygens (including phenoxy) is 1. The Kier molecular flexibility index (Phi) is 3.99. The molecule has 0 amide bonds. The first-order chi connectivity index (χ1) is 9.33. The summed E-state index contributed by atoms with van der Waals surface area (Å²) in [6.07, 6.45) is 7.30. The number of aromatic nitrogens is 1. The highest BCUT2D eigenvalue weighted by molar-refractivity contribution is 5.17. The lowest BCUT2D eigenvalue weighted by atomic mass is 10.0. The Balaban J connectivity index is 1.52. The lowest BCUT2D eigenvalue weighted by Crippen LogP contribution is -2.46. The van der Waals surface area contributed by atoms with Gasteiger partial charge in [0.2, 0.25) is 5.88 Å². The number of nitrogens with one attached hydrogen (secondary N) is 1. The zero-order valence-electron chi connectivity index (χ0n) is 11.6. The number of nitrogens with zero attached hydrogens (tertiary/aromatic N) is 2. The standard InChI is InChI=1S/C15H23N3O/c1-19-15-7-4-12(9-16-15)10-18-8-2-3-14(11-18)17-13-5-6-13/h4,7,9,13-14,17H,2-3,5-6,8,10-11H2,1H3. The van der Waals surface area contributed by atoms with Gasteiger partial charge in [-0.1, -0.05) is 6.07 Å². The number of methoxy groups -OCH3 is 1. The highest BCUT2D eigenvalue weighted by Gasteiger charge is 2.27. The van der Waals surface area contributed by atoms with Crippen LogP contribution in [0.4, 0.5) is 0 Å². The van der Waals surface area contributed by atoms with Crippen LogP contribution >= 0.6 is 0 Å². The van der Waals surface area contributed by atoms with Crippen LogP contribution in [0.15, 0.2) is 18.3 Å². The third kappa shape index (κ3) is 3.67. The molecule has 1 aliphatic carbocycles. The minimum absolute atomic E-state index is 0.687. The Morgan fingerprint density at radius 2 is 2.21 bits per heavy atom. The van der Waals surface area contributed by atoms with Crippen molar-refractivity contribution in [2.45, 2.75) is 44.3 Å². The zero-order chi connectivity index (χ0) is 13.1. The van der Waals surface area contributed by atoms with Crippen molar-refractivity contribution in [3.05, 3.63) is 23.9 Å². The van der Waals surface area contributed by atoms with Gasteiger partial charge in [-0.05, 0) is 37.8 Å². The first-order valence-corrected chi connectivity index (χ1v) is 7.31. The monoisotopic (exact) mass is 261 g/mol. The van der Waals surface area contributed by atoms with Gasteiger partial charge in [-0.3, -0.25) is 4.90 Å². The molecule has 4 nitrogen and oxygen atoms in total. The molecule has 1 saturated carbocycles. The van der Waals surface area contributed by atoms with E-state index in [2.05, 4.69) is 21.3 Å². The molecule has 1 saturated heterocycles. The van der Waals surface area contributed by atoms with E-state index in [1.54, 1.807) is 7.11 Å². The molecule has 1 atom stereocenters. The molecular weight excluding hydrogens is 238 g/mol. The van der Waals surface area contributed by atoms with Crippen LogP contribution in [0.1, 0.15) is 31.2 Å². The van der Waals surface area contributed by atoms with E-state index in [0.29, 0.717) is 11.9 Å². The molecule has 2 fully saturated rings. The molecule has 4 heteroatoms. The van der Waals surface area contributed by atoms with E-state index in [0.717, 1.165) is 12.6 Å². The third-order valence-electron chi connectivity index (χ3n) is 3.97. The molecule has 0 bridgehead atoms. The van der Waals surface area contributed by atoms with Crippen molar-refractivity contribution in [2.24, 2.45) is 0 Å². The number of piperidine rings is 1. The predicted molar refractivity (Wildman–Crippen MR) is 75.2 cm³/mol. The third-order valence-corrected chi connectivity index (χ3v) is 3.97. The van der Waals surface area contributed by atoms with E-state index in [1.165, 1.54) is 44.3 Å². The molecule has 1 N–H and O–H groups in total. The predicted octanol–water partition coefficient (Wildman–Crippen LogP) is 1.81. The largest absolute Gasteiger partial charge is 0.481 e. The Hall–Kier alpha value is -1.13. The Bertz CT molecular complexity index is 402. The fourth-order valence-corrected chi connectivity index (χ4v) is 2.80. The second-order valence-corrected chi connectivity index (χ2v) is 5.72. The maximum Gasteiger partial charge on any atom is 0.212 e. The summed E-state index contributed by atoms with van der Waals surface area (Å²) in [7, 11) is 1.65. The second-order valence-electron chi connectivity index (χ2n) is 5.72. The van der Waals surface area contributed by atoms with Crippen molar-refractivity contribution < 1.29 is 4.74 Å². The van der Waals surface area contributed by atoms with Crippen molar-refractivity contribution in [2.75, 3.05) is 20.2 Å². The summed E-state index contributed by atoms with van der Waals surface area (Å²) in [6.45, 7) is 3.37. The quantitative estimate of drug-likeness (QED) is 0.877. The Morgan fingerprint density at radius 3 is 2.89 bits per heavy atom. The van der Waals surface area contributed by atoms with Crippen LogP contribution in [-0.4, -0.2) is 42.2 Å². The molecule has 3 rings (SSSR count). The van der Waals surface area contributed by atoms with Crippen molar-refractivity contribution in [3.63, 3.8) is 0 Å². The molecule has 0 radical (unpaired) electrons. The fourth-order valence-electron chi connectivity index (χ4n) is 2.80. The molecule has 1 aromatic heterocycles. The SMILES string of the molecule is COc1ccc(CN2CCCC(NC3CC3)C2)cn1. The summed E-state index contributed by atoms with van der Waals surface area (Å²) in [5, 5.41) is 3.75. The van der Waals surface area contributed by atoms with Gasteiger partial charge in [0.25, 0.3) is 0 Å². The number of hydrogen-bond donors (Lipinski definition) is 1. The lowest BCUT2D eigenvalue weighted by Gasteiger charge is -2.33. The van der Waals surface area contributed by atoms with Crippen LogP contribution in [-0.2, 0) is 6.54 Å². The van der Waals surface area contributed by atoms with E-state index in [9.17, 15) is 0 Å². The molecule has 2 aliphatic rings. The van der Waals surface area contributed by atoms with E-state index >= 15 is 0 Å². The summed E-state index contributed by atoms with van der Waals surface area (Å²) >= 11 is 0. The van der Waals surface area contributed by atoms with Crippen molar-refractivity contribution in [1.29, 1.82) is 0 Å². The molecule has 1 aliphatic heterocycles. The van der Waals surface area contributed by atoms with Crippen molar-refractivity contribution >= 4 is 0 Å². The van der Waals surface area contributed by atoms with Crippen LogP contribution in [0.5, 0.6) is 5.88 Å². The molecule has 1 unspecified atom stereocenters. The Morgan fingerprint density at radius 1 is 1.32 bits per heavy atom. The normalized spacial score (nSPS) is 24.4. The van der Waals surface area contributed by atoms with Crippen LogP contribution in [0.25, 0.3) is 0 Å². The summed E-state index contributed by atoms with van der Waals surface area (Å²) in [4.78, 5) is 6.81. The minimum Gasteiger partial charge on any atom is -0.481 e. The zero-order valence-corrected chi connectivity index (χ0v) is 11.6. The summed E-state index contributed by atoms with van der Waals surface area (Å²) in [5.74, 6) is 0.690. The second kappa shape index (κ2) is 5.88. The highest BCUT2D eigenvalue weighted by Crippen LogP contribution is 2.22. The van der Waals surface area contributed by atoms with E-state index in [-0.39, 0.29) is 0 Å². The van der Waals surface area contributed by atoms with Gasteiger partial charge in [-0.2, -0.15) is 0 Å². The average molecular weight is 261 g/mol. The first-order valence-electron chi connectivity index (χ1n) is 7.31. The van der Waals surface area contributed by atoms with Gasteiger partial charge >= 0.3 is 0 Å². The lowest BCUT2D eigenvalue weighted by molar-refractivity contribution is 0.182. The average Bonchev–Trinajstić information content (AvgIpc) is 3.24. The summed E-state index contributed by atoms with van der Waals surface area (Å²) in [6, 6.07) is 5.56. The van der Waals surface area contributed by atoms with E-state index < -0.39 is 0 Å². The van der Waals surface area contributed by atoms with E-state index in [4.69, 9.17) is 4.74 Å². The smallest absolute Gasteiger partial charge is 0.212 e. The molecule has 2 heterocycles. The van der Waals surface area contributed by atoms with Crippen molar-refractivity contribution in [1.82, 2.24) is 15.2 Å². The van der Waals surface area contributed by atoms with Gasteiger partial charge in [0.05, 0.1) is 7.11 Å². The number of pyridine rings is 1. The topological polar surface area (TPSA) is 37.4 Å². The van der Waals surface area contributed by atoms with E-state index in [1.807, 2.05) is 12.3 Å². The number of likely N-dealkylation sites (tertiary alicyclic amines) is 1. The van der Waals surface area contributed by atoms with Gasteiger partial charge in [0.1, 0.15) is 0 Å². The van der Waals surface area contributed by atoms with Crippen LogP contribution < -0.4 is 10.1 Å². The van der Waals surface area contributed by atoms with Gasteiger partial charge in [-0.25, -0.2) is 4.98 Å². The Labute approximate surface area is 115 Å². The molecule has 1 aromatic rings. The minimum atomic E-state index is 0.687. The number of hydrogen-bond acceptors (Lipinski definition) is 4. The molecular formula is C15H23N3O. The molecule has 19 heavy (non-hydrogen) atoms. The molecule has 0 aromatic carbocycles. The summed E-state index contributed by atoms with van der Waals surface area (Å²) < 4.78 is 5.09. The van der Waals surface area contributed by atoms with Crippen LogP contribution in [0, 0.1) is 0 Å². The van der Waals surface area contributed by atoms with Crippen molar-refractivity contribution in [3.8, 4) is 5.88 Å². The maximum atomic E-state index is 5.09. The number of rotatable bonds is 5. The summed E-state index contributed by atoms with van der Waals surface area (Å²) in [5.41, 5.74) is 1.27. The van der Waals surface area contributed by atoms with Crippen LogP contribution in [0.2, 0.25) is 0 Å².